The van der Waals surface area contributed by atoms with Crippen molar-refractivity contribution in [2.75, 3.05) is 26.8 Å². The molecule has 1 aliphatic rings. The van der Waals surface area contributed by atoms with E-state index in [-0.39, 0.29) is 0 Å². The van der Waals surface area contributed by atoms with Crippen LogP contribution < -0.4 is 5.32 Å². The zero-order valence-electron chi connectivity index (χ0n) is 11.8. The van der Waals surface area contributed by atoms with Crippen LogP contribution in [-0.2, 0) is 4.74 Å². The summed E-state index contributed by atoms with van der Waals surface area (Å²) in [7, 11) is 1.79. The molecule has 0 radical (unpaired) electrons. The number of methoxy groups -OCH3 is 1. The monoisotopic (exact) mass is 239 g/mol. The highest BCUT2D eigenvalue weighted by Gasteiger charge is 2.18. The van der Waals surface area contributed by atoms with E-state index in [1.165, 1.54) is 32.1 Å². The minimum atomic E-state index is 0.538. The van der Waals surface area contributed by atoms with Crippen LogP contribution in [0.3, 0.4) is 0 Å². The van der Waals surface area contributed by atoms with Gasteiger partial charge in [0.15, 0.2) is 0 Å². The molecule has 0 aromatic carbocycles. The first-order valence-electron chi connectivity index (χ1n) is 7.18. The summed E-state index contributed by atoms with van der Waals surface area (Å²) in [6.45, 7) is 7.38. The van der Waals surface area contributed by atoms with E-state index >= 15 is 0 Å². The Balaban J connectivity index is 2.57. The molecular weight excluding hydrogens is 210 g/mol. The van der Waals surface area contributed by atoms with Crippen LogP contribution in [0.1, 0.15) is 46.0 Å². The molecule has 1 aliphatic carbocycles. The molecule has 1 unspecified atom stereocenters. The maximum Gasteiger partial charge on any atom is 0.0522 e. The Labute approximate surface area is 107 Å². The topological polar surface area (TPSA) is 21.3 Å². The summed E-state index contributed by atoms with van der Waals surface area (Å²) in [5.74, 6) is 1.36. The average Bonchev–Trinajstić information content (AvgIpc) is 2.36. The standard InChI is InChI=1S/C15H29NO/c1-4-16-11-15(10-13(2)12-17-3)14-8-6-5-7-9-14/h10,13-14,16H,4-9,11-12H2,1-3H3. The lowest BCUT2D eigenvalue weighted by Crippen LogP contribution is -2.23. The first-order chi connectivity index (χ1) is 8.27. The van der Waals surface area contributed by atoms with E-state index in [1.807, 2.05) is 0 Å². The Morgan fingerprint density at radius 1 is 1.35 bits per heavy atom. The highest BCUT2D eigenvalue weighted by Crippen LogP contribution is 2.30. The molecule has 1 fully saturated rings. The summed E-state index contributed by atoms with van der Waals surface area (Å²) >= 11 is 0. The van der Waals surface area contributed by atoms with Crippen molar-refractivity contribution in [3.05, 3.63) is 11.6 Å². The first-order valence-corrected chi connectivity index (χ1v) is 7.18. The highest BCUT2D eigenvalue weighted by atomic mass is 16.5. The maximum atomic E-state index is 5.23. The SMILES string of the molecule is CCNCC(=CC(C)COC)C1CCCCC1. The number of hydrogen-bond acceptors (Lipinski definition) is 2. The lowest BCUT2D eigenvalue weighted by molar-refractivity contribution is 0.175. The first kappa shape index (κ1) is 14.7. The van der Waals surface area contributed by atoms with Gasteiger partial charge in [0.1, 0.15) is 0 Å². The molecule has 100 valence electrons. The summed E-state index contributed by atoms with van der Waals surface area (Å²) in [5, 5.41) is 3.48. The minimum Gasteiger partial charge on any atom is -0.384 e. The second-order valence-corrected chi connectivity index (χ2v) is 5.29. The average molecular weight is 239 g/mol. The molecule has 0 saturated heterocycles. The van der Waals surface area contributed by atoms with Crippen LogP contribution in [0.5, 0.6) is 0 Å². The summed E-state index contributed by atoms with van der Waals surface area (Å²) in [4.78, 5) is 0. The molecule has 0 spiro atoms. The fraction of sp³-hybridized carbons (Fsp3) is 0.867. The van der Waals surface area contributed by atoms with Gasteiger partial charge >= 0.3 is 0 Å². The zero-order chi connectivity index (χ0) is 12.5. The lowest BCUT2D eigenvalue weighted by atomic mass is 9.82. The Bertz CT molecular complexity index is 219. The van der Waals surface area contributed by atoms with E-state index in [9.17, 15) is 0 Å². The number of rotatable bonds is 7. The molecule has 0 aromatic heterocycles. The van der Waals surface area contributed by atoms with Gasteiger partial charge in [0.05, 0.1) is 6.61 Å². The van der Waals surface area contributed by atoms with Gasteiger partial charge in [0.2, 0.25) is 0 Å². The number of ether oxygens (including phenoxy) is 1. The normalized spacial score (nSPS) is 20.5. The Kier molecular flexibility index (Phi) is 7.54. The number of hydrogen-bond donors (Lipinski definition) is 1. The van der Waals surface area contributed by atoms with Gasteiger partial charge in [-0.1, -0.05) is 44.8 Å². The number of nitrogens with one attached hydrogen (secondary N) is 1. The molecule has 1 atom stereocenters. The molecule has 1 rings (SSSR count). The van der Waals surface area contributed by atoms with Crippen molar-refractivity contribution >= 4 is 0 Å². The van der Waals surface area contributed by atoms with Gasteiger partial charge in [0, 0.05) is 13.7 Å². The quantitative estimate of drug-likeness (QED) is 0.688. The summed E-state index contributed by atoms with van der Waals surface area (Å²) in [5.41, 5.74) is 1.62. The van der Waals surface area contributed by atoms with Crippen LogP contribution in [0.4, 0.5) is 0 Å². The predicted octanol–water partition coefficient (Wildman–Crippen LogP) is 3.39. The zero-order valence-corrected chi connectivity index (χ0v) is 11.8. The summed E-state index contributed by atoms with van der Waals surface area (Å²) in [6, 6.07) is 0. The van der Waals surface area contributed by atoms with Gasteiger partial charge in [-0.05, 0) is 31.2 Å². The van der Waals surface area contributed by atoms with Crippen molar-refractivity contribution < 1.29 is 4.74 Å². The highest BCUT2D eigenvalue weighted by molar-refractivity contribution is 5.11. The van der Waals surface area contributed by atoms with E-state index < -0.39 is 0 Å². The van der Waals surface area contributed by atoms with E-state index in [4.69, 9.17) is 4.74 Å². The largest absolute Gasteiger partial charge is 0.384 e. The third-order valence-corrected chi connectivity index (χ3v) is 3.64. The second-order valence-electron chi connectivity index (χ2n) is 5.29. The van der Waals surface area contributed by atoms with Crippen molar-refractivity contribution in [2.45, 2.75) is 46.0 Å². The van der Waals surface area contributed by atoms with Crippen LogP contribution >= 0.6 is 0 Å². The molecule has 0 aliphatic heterocycles. The maximum absolute atomic E-state index is 5.23. The van der Waals surface area contributed by atoms with Crippen molar-refractivity contribution in [1.82, 2.24) is 5.32 Å². The molecule has 1 saturated carbocycles. The van der Waals surface area contributed by atoms with E-state index in [2.05, 4.69) is 25.2 Å². The minimum absolute atomic E-state index is 0.538. The van der Waals surface area contributed by atoms with Crippen LogP contribution in [-0.4, -0.2) is 26.8 Å². The van der Waals surface area contributed by atoms with Gasteiger partial charge in [-0.3, -0.25) is 0 Å². The molecule has 2 nitrogen and oxygen atoms in total. The fourth-order valence-corrected chi connectivity index (χ4v) is 2.76. The molecule has 0 heterocycles. The van der Waals surface area contributed by atoms with Gasteiger partial charge in [-0.25, -0.2) is 0 Å². The number of likely N-dealkylation sites (N-methyl/N-ethyl adjacent to an activating group) is 1. The van der Waals surface area contributed by atoms with Crippen molar-refractivity contribution in [3.8, 4) is 0 Å². The Morgan fingerprint density at radius 2 is 2.06 bits per heavy atom. The van der Waals surface area contributed by atoms with E-state index in [0.29, 0.717) is 5.92 Å². The van der Waals surface area contributed by atoms with Crippen LogP contribution in [0.15, 0.2) is 11.6 Å². The molecule has 2 heteroatoms. The molecule has 0 amide bonds. The van der Waals surface area contributed by atoms with E-state index in [0.717, 1.165) is 25.6 Å². The van der Waals surface area contributed by atoms with Crippen LogP contribution in [0, 0.1) is 11.8 Å². The fourth-order valence-electron chi connectivity index (χ4n) is 2.76. The Morgan fingerprint density at radius 3 is 2.65 bits per heavy atom. The molecule has 17 heavy (non-hydrogen) atoms. The van der Waals surface area contributed by atoms with Crippen LogP contribution in [0.25, 0.3) is 0 Å². The smallest absolute Gasteiger partial charge is 0.0522 e. The van der Waals surface area contributed by atoms with Crippen LogP contribution in [0.2, 0.25) is 0 Å². The second kappa shape index (κ2) is 8.71. The summed E-state index contributed by atoms with van der Waals surface area (Å²) in [6.07, 6.45) is 9.47. The Hall–Kier alpha value is -0.340. The van der Waals surface area contributed by atoms with Gasteiger partial charge < -0.3 is 10.1 Å². The van der Waals surface area contributed by atoms with Crippen molar-refractivity contribution in [1.29, 1.82) is 0 Å². The molecule has 1 N–H and O–H groups in total. The lowest BCUT2D eigenvalue weighted by Gasteiger charge is -2.26. The molecule has 0 bridgehead atoms. The van der Waals surface area contributed by atoms with E-state index in [1.54, 1.807) is 12.7 Å². The van der Waals surface area contributed by atoms with Gasteiger partial charge in [0.25, 0.3) is 0 Å². The van der Waals surface area contributed by atoms with Gasteiger partial charge in [-0.15, -0.1) is 0 Å². The van der Waals surface area contributed by atoms with Crippen molar-refractivity contribution in [3.63, 3.8) is 0 Å². The third-order valence-electron chi connectivity index (χ3n) is 3.64. The van der Waals surface area contributed by atoms with Gasteiger partial charge in [-0.2, -0.15) is 0 Å². The third kappa shape index (κ3) is 5.69. The molecular formula is C15H29NO. The van der Waals surface area contributed by atoms with Crippen molar-refractivity contribution in [2.24, 2.45) is 11.8 Å². The summed E-state index contributed by atoms with van der Waals surface area (Å²) < 4.78 is 5.23. The molecule has 0 aromatic rings. The predicted molar refractivity (Wildman–Crippen MR) is 74.2 cm³/mol.